The molecule has 1 unspecified atom stereocenters. The van der Waals surface area contributed by atoms with E-state index in [9.17, 15) is 9.59 Å². The Morgan fingerprint density at radius 2 is 1.97 bits per heavy atom. The molecule has 4 rings (SSSR count). The molecule has 1 aromatic heterocycles. The lowest BCUT2D eigenvalue weighted by Gasteiger charge is -2.37. The zero-order valence-corrected chi connectivity index (χ0v) is 19.5. The highest BCUT2D eigenvalue weighted by atomic mass is 35.5. The van der Waals surface area contributed by atoms with Gasteiger partial charge in [-0.15, -0.1) is 0 Å². The second kappa shape index (κ2) is 8.34. The standard InChI is InChI=1S/C24H23Cl2NO5/c1-4-30-23(29)21-20(19-15(28)10-24(2,3)11-18(19)32-22(21)27)17-8-7-16(31-17)13-9-12(25)5-6-14(13)26/h5-9,20H,4,10-11,27H2,1-3H3. The minimum Gasteiger partial charge on any atom is -0.462 e. The highest BCUT2D eigenvalue weighted by molar-refractivity contribution is 6.35. The third-order valence-electron chi connectivity index (χ3n) is 5.56. The summed E-state index contributed by atoms with van der Waals surface area (Å²) in [5.74, 6) is -0.422. The van der Waals surface area contributed by atoms with Crippen LogP contribution in [0.15, 0.2) is 57.5 Å². The molecule has 1 aromatic carbocycles. The maximum atomic E-state index is 13.2. The molecule has 1 aliphatic heterocycles. The van der Waals surface area contributed by atoms with Crippen LogP contribution in [0, 0.1) is 5.41 Å². The fourth-order valence-electron chi connectivity index (χ4n) is 4.22. The van der Waals surface area contributed by atoms with E-state index in [1.807, 2.05) is 13.8 Å². The minimum atomic E-state index is -0.840. The van der Waals surface area contributed by atoms with Gasteiger partial charge in [-0.3, -0.25) is 4.79 Å². The Morgan fingerprint density at radius 3 is 2.69 bits per heavy atom. The van der Waals surface area contributed by atoms with E-state index in [0.717, 1.165) is 0 Å². The van der Waals surface area contributed by atoms with Gasteiger partial charge >= 0.3 is 5.97 Å². The Bertz CT molecular complexity index is 1170. The molecule has 2 N–H and O–H groups in total. The molecule has 1 aliphatic carbocycles. The van der Waals surface area contributed by atoms with Crippen LogP contribution in [-0.4, -0.2) is 18.4 Å². The van der Waals surface area contributed by atoms with Crippen molar-refractivity contribution in [2.75, 3.05) is 6.61 Å². The molecule has 2 aliphatic rings. The zero-order chi connectivity index (χ0) is 23.2. The number of rotatable bonds is 4. The first-order chi connectivity index (χ1) is 15.1. The molecule has 0 radical (unpaired) electrons. The predicted octanol–water partition coefficient (Wildman–Crippen LogP) is 5.74. The SMILES string of the molecule is CCOC(=O)C1=C(N)OC2=C(C(=O)CC(C)(C)C2)C1c1ccc(-c2cc(Cl)ccc2Cl)o1. The largest absolute Gasteiger partial charge is 0.462 e. The summed E-state index contributed by atoms with van der Waals surface area (Å²) in [7, 11) is 0. The van der Waals surface area contributed by atoms with Crippen molar-refractivity contribution < 1.29 is 23.5 Å². The van der Waals surface area contributed by atoms with Crippen molar-refractivity contribution in [2.24, 2.45) is 11.1 Å². The molecular weight excluding hydrogens is 453 g/mol. The third kappa shape index (κ3) is 4.05. The van der Waals surface area contributed by atoms with Gasteiger partial charge in [0.2, 0.25) is 5.88 Å². The Hall–Kier alpha value is -2.70. The van der Waals surface area contributed by atoms with Gasteiger partial charge in [0.1, 0.15) is 22.9 Å². The second-order valence-electron chi connectivity index (χ2n) is 8.64. The summed E-state index contributed by atoms with van der Waals surface area (Å²) < 4.78 is 17.1. The number of benzene rings is 1. The molecule has 8 heteroatoms. The van der Waals surface area contributed by atoms with E-state index in [2.05, 4.69) is 0 Å². The number of furan rings is 1. The molecular formula is C24H23Cl2NO5. The number of hydrogen-bond donors (Lipinski definition) is 1. The fourth-order valence-corrected chi connectivity index (χ4v) is 4.60. The number of ketones is 1. The fraction of sp³-hybridized carbons (Fsp3) is 0.333. The van der Waals surface area contributed by atoms with Crippen LogP contribution in [0.4, 0.5) is 0 Å². The number of halogens is 2. The molecule has 32 heavy (non-hydrogen) atoms. The van der Waals surface area contributed by atoms with Crippen molar-refractivity contribution in [1.29, 1.82) is 0 Å². The average Bonchev–Trinajstić information content (AvgIpc) is 3.17. The molecule has 1 atom stereocenters. The van der Waals surface area contributed by atoms with E-state index in [0.29, 0.717) is 51.3 Å². The van der Waals surface area contributed by atoms with Crippen LogP contribution in [0.5, 0.6) is 0 Å². The van der Waals surface area contributed by atoms with Crippen molar-refractivity contribution in [3.8, 4) is 11.3 Å². The average molecular weight is 476 g/mol. The molecule has 168 valence electrons. The van der Waals surface area contributed by atoms with Crippen LogP contribution in [0.2, 0.25) is 10.0 Å². The predicted molar refractivity (Wildman–Crippen MR) is 121 cm³/mol. The summed E-state index contributed by atoms with van der Waals surface area (Å²) >= 11 is 12.5. The summed E-state index contributed by atoms with van der Waals surface area (Å²) in [6.07, 6.45) is 0.824. The Labute approximate surface area is 195 Å². The highest BCUT2D eigenvalue weighted by Crippen LogP contribution is 2.49. The molecule has 0 bridgehead atoms. The number of allylic oxidation sites excluding steroid dienone is 2. The summed E-state index contributed by atoms with van der Waals surface area (Å²) in [5, 5.41) is 0.956. The molecule has 0 spiro atoms. The monoisotopic (exact) mass is 475 g/mol. The summed E-state index contributed by atoms with van der Waals surface area (Å²) in [6, 6.07) is 8.46. The van der Waals surface area contributed by atoms with Gasteiger partial charge in [0.25, 0.3) is 0 Å². The Morgan fingerprint density at radius 1 is 1.22 bits per heavy atom. The van der Waals surface area contributed by atoms with Gasteiger partial charge in [0.15, 0.2) is 5.78 Å². The summed E-state index contributed by atoms with van der Waals surface area (Å²) in [4.78, 5) is 26.0. The number of hydrogen-bond acceptors (Lipinski definition) is 6. The summed E-state index contributed by atoms with van der Waals surface area (Å²) in [5.41, 5.74) is 6.91. The quantitative estimate of drug-likeness (QED) is 0.566. The Kier molecular flexibility index (Phi) is 5.86. The second-order valence-corrected chi connectivity index (χ2v) is 9.48. The lowest BCUT2D eigenvalue weighted by atomic mass is 9.71. The van der Waals surface area contributed by atoms with Gasteiger partial charge in [-0.1, -0.05) is 37.0 Å². The molecule has 2 heterocycles. The Balaban J connectivity index is 1.86. The first-order valence-electron chi connectivity index (χ1n) is 10.3. The summed E-state index contributed by atoms with van der Waals surface area (Å²) in [6.45, 7) is 5.81. The van der Waals surface area contributed by atoms with E-state index >= 15 is 0 Å². The lowest BCUT2D eigenvalue weighted by molar-refractivity contribution is -0.139. The van der Waals surface area contributed by atoms with Crippen LogP contribution < -0.4 is 5.73 Å². The van der Waals surface area contributed by atoms with Crippen molar-refractivity contribution >= 4 is 35.0 Å². The van der Waals surface area contributed by atoms with Crippen LogP contribution in [0.25, 0.3) is 11.3 Å². The van der Waals surface area contributed by atoms with Gasteiger partial charge in [0, 0.05) is 29.0 Å². The van der Waals surface area contributed by atoms with Crippen molar-refractivity contribution in [2.45, 2.75) is 39.5 Å². The third-order valence-corrected chi connectivity index (χ3v) is 6.12. The normalized spacial score (nSPS) is 20.2. The van der Waals surface area contributed by atoms with Gasteiger partial charge in [-0.2, -0.15) is 0 Å². The molecule has 0 saturated carbocycles. The smallest absolute Gasteiger partial charge is 0.340 e. The minimum absolute atomic E-state index is 0.0525. The molecule has 2 aromatic rings. The number of esters is 1. The van der Waals surface area contributed by atoms with Crippen molar-refractivity contribution in [3.63, 3.8) is 0 Å². The molecule has 0 saturated heterocycles. The van der Waals surface area contributed by atoms with Crippen LogP contribution >= 0.6 is 23.2 Å². The first-order valence-corrected chi connectivity index (χ1v) is 11.0. The highest BCUT2D eigenvalue weighted by Gasteiger charge is 2.46. The number of nitrogens with two attached hydrogens (primary N) is 1. The number of carbonyl (C=O) groups excluding carboxylic acids is 2. The molecule has 0 amide bonds. The van der Waals surface area contributed by atoms with Crippen LogP contribution in [-0.2, 0) is 19.1 Å². The number of carbonyl (C=O) groups is 2. The van der Waals surface area contributed by atoms with E-state index in [1.54, 1.807) is 37.3 Å². The van der Waals surface area contributed by atoms with Crippen LogP contribution in [0.3, 0.4) is 0 Å². The van der Waals surface area contributed by atoms with Gasteiger partial charge in [0.05, 0.1) is 17.5 Å². The molecule has 0 fully saturated rings. The van der Waals surface area contributed by atoms with Crippen molar-refractivity contribution in [3.05, 3.63) is 68.9 Å². The maximum absolute atomic E-state index is 13.2. The van der Waals surface area contributed by atoms with Gasteiger partial charge in [-0.05, 0) is 42.7 Å². The first kappa shape index (κ1) is 22.5. The van der Waals surface area contributed by atoms with E-state index in [1.165, 1.54) is 0 Å². The number of Topliss-reactive ketones (excluding diaryl/α,β-unsaturated/α-hetero) is 1. The lowest BCUT2D eigenvalue weighted by Crippen LogP contribution is -2.35. The van der Waals surface area contributed by atoms with E-state index < -0.39 is 11.9 Å². The van der Waals surface area contributed by atoms with Crippen LogP contribution in [0.1, 0.15) is 45.3 Å². The van der Waals surface area contributed by atoms with Crippen molar-refractivity contribution in [1.82, 2.24) is 0 Å². The van der Waals surface area contributed by atoms with E-state index in [4.69, 9.17) is 42.8 Å². The zero-order valence-electron chi connectivity index (χ0n) is 18.0. The van der Waals surface area contributed by atoms with Gasteiger partial charge < -0.3 is 19.6 Å². The topological polar surface area (TPSA) is 91.8 Å². The van der Waals surface area contributed by atoms with Gasteiger partial charge in [-0.25, -0.2) is 4.79 Å². The molecule has 6 nitrogen and oxygen atoms in total. The maximum Gasteiger partial charge on any atom is 0.340 e. The van der Waals surface area contributed by atoms with E-state index in [-0.39, 0.29) is 29.3 Å². The number of ether oxygens (including phenoxy) is 2.